The Balaban J connectivity index is 1.72. The lowest BCUT2D eigenvalue weighted by Gasteiger charge is -2.36. The third-order valence-electron chi connectivity index (χ3n) is 6.83. The van der Waals surface area contributed by atoms with Gasteiger partial charge in [0.1, 0.15) is 24.2 Å². The summed E-state index contributed by atoms with van der Waals surface area (Å²) in [5.41, 5.74) is 1.48. The number of carbonyl (C=O) groups is 4. The van der Waals surface area contributed by atoms with Crippen LogP contribution in [0.2, 0.25) is 0 Å². The first-order valence-electron chi connectivity index (χ1n) is 12.0. The van der Waals surface area contributed by atoms with Crippen LogP contribution in [0.25, 0.3) is 0 Å². The van der Waals surface area contributed by atoms with Gasteiger partial charge < -0.3 is 29.3 Å². The first-order valence-corrected chi connectivity index (χ1v) is 12.0. The van der Waals surface area contributed by atoms with Gasteiger partial charge in [-0.1, -0.05) is 13.8 Å². The molecule has 188 valence electrons. The van der Waals surface area contributed by atoms with E-state index in [1.165, 1.54) is 34.9 Å². The van der Waals surface area contributed by atoms with Gasteiger partial charge in [0.2, 0.25) is 23.6 Å². The number of amides is 4. The molecule has 0 bridgehead atoms. The predicted molar refractivity (Wildman–Crippen MR) is 125 cm³/mol. The topological polar surface area (TPSA) is 125 Å². The molecule has 0 saturated carbocycles. The van der Waals surface area contributed by atoms with Crippen molar-refractivity contribution in [1.29, 1.82) is 0 Å². The lowest BCUT2D eigenvalue weighted by molar-refractivity contribution is -0.147. The molecule has 2 fully saturated rings. The van der Waals surface area contributed by atoms with Gasteiger partial charge in [-0.2, -0.15) is 0 Å². The molecule has 2 aromatic rings. The fourth-order valence-electron chi connectivity index (χ4n) is 4.79. The molecule has 2 aromatic heterocycles. The summed E-state index contributed by atoms with van der Waals surface area (Å²) in [6.45, 7) is 4.09. The van der Waals surface area contributed by atoms with Crippen molar-refractivity contribution in [1.82, 2.24) is 20.4 Å². The van der Waals surface area contributed by atoms with Crippen molar-refractivity contribution in [2.45, 2.75) is 63.7 Å². The second kappa shape index (κ2) is 10.4. The van der Waals surface area contributed by atoms with Crippen LogP contribution in [0.4, 0.5) is 0 Å². The number of hydrogen-bond donors (Lipinski definition) is 2. The Morgan fingerprint density at radius 2 is 1.60 bits per heavy atom. The molecule has 35 heavy (non-hydrogen) atoms. The number of fused-ring (bicyclic) bond motifs is 1. The predicted octanol–water partition coefficient (Wildman–Crippen LogP) is 1.12. The Kier molecular flexibility index (Phi) is 7.28. The van der Waals surface area contributed by atoms with Gasteiger partial charge in [-0.3, -0.25) is 19.2 Å². The van der Waals surface area contributed by atoms with Gasteiger partial charge in [0.05, 0.1) is 25.1 Å². The van der Waals surface area contributed by atoms with Crippen molar-refractivity contribution in [3.63, 3.8) is 0 Å². The molecule has 2 saturated heterocycles. The average Bonchev–Trinajstić information content (AvgIpc) is 3.60. The summed E-state index contributed by atoms with van der Waals surface area (Å²) in [7, 11) is 1.55. The normalized spacial score (nSPS) is 26.3. The molecule has 4 rings (SSSR count). The summed E-state index contributed by atoms with van der Waals surface area (Å²) >= 11 is 0. The van der Waals surface area contributed by atoms with Crippen molar-refractivity contribution in [3.8, 4) is 0 Å². The first-order chi connectivity index (χ1) is 16.8. The summed E-state index contributed by atoms with van der Waals surface area (Å²) < 4.78 is 10.3. The van der Waals surface area contributed by atoms with Crippen molar-refractivity contribution in [2.75, 3.05) is 13.6 Å². The van der Waals surface area contributed by atoms with Gasteiger partial charge in [0.25, 0.3) is 0 Å². The summed E-state index contributed by atoms with van der Waals surface area (Å²) in [6, 6.07) is 0.121. The van der Waals surface area contributed by atoms with E-state index in [4.69, 9.17) is 8.83 Å². The van der Waals surface area contributed by atoms with E-state index in [0.29, 0.717) is 19.4 Å². The molecular weight excluding hydrogens is 452 g/mol. The van der Waals surface area contributed by atoms with Crippen LogP contribution in [0.1, 0.15) is 37.8 Å². The molecule has 0 radical (unpaired) electrons. The number of furan rings is 2. The zero-order valence-electron chi connectivity index (χ0n) is 20.2. The van der Waals surface area contributed by atoms with Gasteiger partial charge in [-0.15, -0.1) is 0 Å². The second-order valence-corrected chi connectivity index (χ2v) is 9.62. The lowest BCUT2D eigenvalue weighted by Crippen LogP contribution is -2.62. The van der Waals surface area contributed by atoms with Gasteiger partial charge in [-0.25, -0.2) is 0 Å². The first kappa shape index (κ1) is 24.6. The average molecular weight is 485 g/mol. The maximum atomic E-state index is 13.7. The van der Waals surface area contributed by atoms with Gasteiger partial charge in [-0.05, 0) is 42.0 Å². The van der Waals surface area contributed by atoms with E-state index in [1.807, 2.05) is 13.8 Å². The Morgan fingerprint density at radius 3 is 2.20 bits per heavy atom. The fourth-order valence-corrected chi connectivity index (χ4v) is 4.79. The maximum absolute atomic E-state index is 13.7. The Hall–Kier alpha value is -3.56. The molecule has 2 aliphatic heterocycles. The van der Waals surface area contributed by atoms with Gasteiger partial charge in [0, 0.05) is 26.4 Å². The van der Waals surface area contributed by atoms with Crippen molar-refractivity contribution in [3.05, 3.63) is 48.3 Å². The molecule has 0 unspecified atom stereocenters. The Bertz CT molecular complexity index is 1050. The lowest BCUT2D eigenvalue weighted by atomic mass is 9.98. The van der Waals surface area contributed by atoms with E-state index in [2.05, 4.69) is 10.6 Å². The highest BCUT2D eigenvalue weighted by atomic mass is 16.3. The van der Waals surface area contributed by atoms with Crippen LogP contribution in [0.5, 0.6) is 0 Å². The molecule has 2 N–H and O–H groups in total. The largest absolute Gasteiger partial charge is 0.472 e. The molecule has 4 atom stereocenters. The Morgan fingerprint density at radius 1 is 0.943 bits per heavy atom. The van der Waals surface area contributed by atoms with E-state index in [-0.39, 0.29) is 36.5 Å². The third-order valence-corrected chi connectivity index (χ3v) is 6.83. The zero-order chi connectivity index (χ0) is 25.1. The van der Waals surface area contributed by atoms with E-state index < -0.39 is 30.1 Å². The molecule has 10 heteroatoms. The number of rotatable bonds is 5. The smallest absolute Gasteiger partial charge is 0.246 e. The minimum Gasteiger partial charge on any atom is -0.472 e. The molecule has 0 spiro atoms. The summed E-state index contributed by atoms with van der Waals surface area (Å²) in [5, 5.41) is 5.75. The van der Waals surface area contributed by atoms with Gasteiger partial charge >= 0.3 is 0 Å². The van der Waals surface area contributed by atoms with E-state index in [1.54, 1.807) is 19.2 Å². The highest BCUT2D eigenvalue weighted by Crippen LogP contribution is 2.22. The third kappa shape index (κ3) is 5.26. The van der Waals surface area contributed by atoms with Crippen molar-refractivity contribution in [2.24, 2.45) is 5.92 Å². The van der Waals surface area contributed by atoms with E-state index >= 15 is 0 Å². The van der Waals surface area contributed by atoms with E-state index in [0.717, 1.165) is 11.1 Å². The summed E-state index contributed by atoms with van der Waals surface area (Å²) in [4.78, 5) is 57.0. The van der Waals surface area contributed by atoms with E-state index in [9.17, 15) is 19.2 Å². The number of hydrogen-bond acceptors (Lipinski definition) is 6. The van der Waals surface area contributed by atoms with Crippen molar-refractivity contribution >= 4 is 23.6 Å². The fraction of sp³-hybridized carbons (Fsp3) is 0.520. The monoisotopic (exact) mass is 484 g/mol. The maximum Gasteiger partial charge on any atom is 0.246 e. The molecule has 4 heterocycles. The van der Waals surface area contributed by atoms with Gasteiger partial charge in [0.15, 0.2) is 0 Å². The zero-order valence-corrected chi connectivity index (χ0v) is 20.2. The van der Waals surface area contributed by atoms with Crippen LogP contribution in [-0.2, 0) is 32.0 Å². The highest BCUT2D eigenvalue weighted by Gasteiger charge is 2.42. The summed E-state index contributed by atoms with van der Waals surface area (Å²) in [6.07, 6.45) is 7.62. The van der Waals surface area contributed by atoms with Crippen LogP contribution in [0, 0.1) is 5.92 Å². The molecule has 0 aliphatic carbocycles. The van der Waals surface area contributed by atoms with Crippen LogP contribution >= 0.6 is 0 Å². The molecular formula is C25H32N4O6. The minimum absolute atomic E-state index is 0.197. The standard InChI is InChI=1S/C25H32N4O6/c1-15(2)21-25(33)28(3)20(12-17-7-10-35-14-17)23(31)26-18(11-16-6-9-34-13-16)24(32)29-8-4-5-19(29)22(30)27-21/h6-7,9-10,13-15,18-21H,4-5,8,11-12H2,1-3H3,(H,26,31)(H,27,30)/t18-,19-,20+,21-/m0/s1. The summed E-state index contributed by atoms with van der Waals surface area (Å²) in [5.74, 6) is -1.70. The molecule has 2 aliphatic rings. The van der Waals surface area contributed by atoms with Crippen LogP contribution < -0.4 is 10.6 Å². The number of likely N-dealkylation sites (N-methyl/N-ethyl adjacent to an activating group) is 1. The molecule has 10 nitrogen and oxygen atoms in total. The van der Waals surface area contributed by atoms with Crippen LogP contribution in [0.15, 0.2) is 46.0 Å². The quantitative estimate of drug-likeness (QED) is 0.655. The highest BCUT2D eigenvalue weighted by molar-refractivity contribution is 5.98. The molecule has 4 amide bonds. The second-order valence-electron chi connectivity index (χ2n) is 9.62. The van der Waals surface area contributed by atoms with Crippen LogP contribution in [-0.4, -0.2) is 71.2 Å². The number of carbonyl (C=O) groups excluding carboxylic acids is 4. The van der Waals surface area contributed by atoms with Crippen molar-refractivity contribution < 1.29 is 28.0 Å². The molecule has 0 aromatic carbocycles. The Labute approximate surface area is 204 Å². The minimum atomic E-state index is -0.913. The number of nitrogens with zero attached hydrogens (tertiary/aromatic N) is 2. The SMILES string of the molecule is CC(C)[C@@H]1NC(=O)[C@@H]2CCCN2C(=O)[C@H](Cc2ccoc2)NC(=O)[C@@H](Cc2ccoc2)N(C)C1=O. The number of nitrogens with one attached hydrogen (secondary N) is 2. The van der Waals surface area contributed by atoms with Crippen LogP contribution in [0.3, 0.4) is 0 Å².